The third kappa shape index (κ3) is 3.90. The lowest BCUT2D eigenvalue weighted by Gasteiger charge is -2.26. The summed E-state index contributed by atoms with van der Waals surface area (Å²) in [7, 11) is -3.87. The Morgan fingerprint density at radius 2 is 1.83 bits per heavy atom. The molecule has 0 saturated carbocycles. The van der Waals surface area contributed by atoms with E-state index in [-0.39, 0.29) is 10.5 Å². The molecule has 0 aromatic heterocycles. The van der Waals surface area contributed by atoms with Gasteiger partial charge in [-0.3, -0.25) is 4.79 Å². The van der Waals surface area contributed by atoms with Crippen LogP contribution in [0.15, 0.2) is 29.2 Å². The van der Waals surface area contributed by atoms with Crippen LogP contribution in [0.4, 0.5) is 4.39 Å². The van der Waals surface area contributed by atoms with E-state index in [1.807, 2.05) is 5.32 Å². The second-order valence-corrected chi connectivity index (χ2v) is 7.39. The Labute approximate surface area is 139 Å². The molecular formula is C15H19FN2O5S. The molecule has 1 aliphatic heterocycles. The number of carboxylic acid groups (broad SMARTS) is 1. The Morgan fingerprint density at radius 3 is 2.42 bits per heavy atom. The summed E-state index contributed by atoms with van der Waals surface area (Å²) in [5.41, 5.74) is -0.192. The van der Waals surface area contributed by atoms with E-state index >= 15 is 0 Å². The van der Waals surface area contributed by atoms with E-state index in [2.05, 4.69) is 0 Å². The molecule has 2 N–H and O–H groups in total. The van der Waals surface area contributed by atoms with Crippen molar-refractivity contribution in [2.75, 3.05) is 19.8 Å². The summed E-state index contributed by atoms with van der Waals surface area (Å²) < 4.78 is 39.5. The highest BCUT2D eigenvalue weighted by Gasteiger charge is 2.31. The van der Waals surface area contributed by atoms with Crippen molar-refractivity contribution < 1.29 is 27.5 Å². The van der Waals surface area contributed by atoms with Gasteiger partial charge in [0, 0.05) is 13.1 Å². The van der Waals surface area contributed by atoms with Crippen LogP contribution < -0.4 is 5.32 Å². The predicted molar refractivity (Wildman–Crippen MR) is 83.9 cm³/mol. The Morgan fingerprint density at radius 1 is 1.21 bits per heavy atom. The van der Waals surface area contributed by atoms with Gasteiger partial charge in [-0.1, -0.05) is 18.6 Å². The Balaban J connectivity index is 2.33. The smallest absolute Gasteiger partial charge is 0.328 e. The van der Waals surface area contributed by atoms with Gasteiger partial charge in [-0.05, 0) is 25.0 Å². The van der Waals surface area contributed by atoms with E-state index in [1.54, 1.807) is 0 Å². The molecule has 1 amide bonds. The van der Waals surface area contributed by atoms with Crippen molar-refractivity contribution in [3.63, 3.8) is 0 Å². The normalized spacial score (nSPS) is 17.2. The van der Waals surface area contributed by atoms with E-state index in [4.69, 9.17) is 5.11 Å². The molecule has 0 spiro atoms. The first kappa shape index (κ1) is 18.3. The fourth-order valence-electron chi connectivity index (χ4n) is 2.53. The van der Waals surface area contributed by atoms with Gasteiger partial charge in [0.15, 0.2) is 6.04 Å². The summed E-state index contributed by atoms with van der Waals surface area (Å²) in [5.74, 6) is -2.46. The maximum atomic E-state index is 12.8. The third-order valence-electron chi connectivity index (χ3n) is 3.82. The standard InChI is InChI=1S/C15H19FN2O5S/c16-10-12(15(20)21)17-14(19)11-6-2-3-7-13(11)24(22,23)18-8-4-1-5-9-18/h2-3,6-7,12H,1,4-5,8-10H2,(H,17,19)(H,20,21). The number of nitrogens with one attached hydrogen (secondary N) is 1. The lowest BCUT2D eigenvalue weighted by Crippen LogP contribution is -2.43. The van der Waals surface area contributed by atoms with Gasteiger partial charge in [-0.15, -0.1) is 0 Å². The highest BCUT2D eigenvalue weighted by Crippen LogP contribution is 2.23. The van der Waals surface area contributed by atoms with E-state index < -0.39 is 34.6 Å². The first-order valence-electron chi connectivity index (χ1n) is 7.56. The SMILES string of the molecule is O=C(NC(CF)C(=O)O)c1ccccc1S(=O)(=O)N1CCCCC1. The van der Waals surface area contributed by atoms with Gasteiger partial charge in [0.25, 0.3) is 5.91 Å². The number of piperidine rings is 1. The fraction of sp³-hybridized carbons (Fsp3) is 0.467. The summed E-state index contributed by atoms with van der Waals surface area (Å²) >= 11 is 0. The van der Waals surface area contributed by atoms with Crippen LogP contribution in [0, 0.1) is 0 Å². The van der Waals surface area contributed by atoms with Crippen LogP contribution in [0.5, 0.6) is 0 Å². The molecule has 9 heteroatoms. The number of amides is 1. The largest absolute Gasteiger partial charge is 0.480 e. The van der Waals surface area contributed by atoms with Gasteiger partial charge >= 0.3 is 5.97 Å². The molecule has 1 saturated heterocycles. The van der Waals surface area contributed by atoms with Crippen molar-refractivity contribution in [2.24, 2.45) is 0 Å². The van der Waals surface area contributed by atoms with Gasteiger partial charge in [0.1, 0.15) is 6.67 Å². The number of alkyl halides is 1. The van der Waals surface area contributed by atoms with Crippen molar-refractivity contribution in [1.29, 1.82) is 0 Å². The minimum absolute atomic E-state index is 0.192. The number of hydrogen-bond acceptors (Lipinski definition) is 4. The Hall–Kier alpha value is -2.00. The maximum absolute atomic E-state index is 12.8. The van der Waals surface area contributed by atoms with Crippen molar-refractivity contribution in [2.45, 2.75) is 30.2 Å². The van der Waals surface area contributed by atoms with E-state index in [9.17, 15) is 22.4 Å². The van der Waals surface area contributed by atoms with E-state index in [0.29, 0.717) is 13.1 Å². The summed E-state index contributed by atoms with van der Waals surface area (Å²) in [4.78, 5) is 22.9. The molecule has 1 atom stereocenters. The van der Waals surface area contributed by atoms with Gasteiger partial charge in [0.2, 0.25) is 10.0 Å². The quantitative estimate of drug-likeness (QED) is 0.790. The number of rotatable bonds is 6. The van der Waals surface area contributed by atoms with Crippen LogP contribution in [0.3, 0.4) is 0 Å². The van der Waals surface area contributed by atoms with Crippen LogP contribution >= 0.6 is 0 Å². The van der Waals surface area contributed by atoms with Crippen molar-refractivity contribution >= 4 is 21.9 Å². The zero-order valence-electron chi connectivity index (χ0n) is 12.9. The number of carboxylic acids is 1. The number of sulfonamides is 1. The topological polar surface area (TPSA) is 104 Å². The molecular weight excluding hydrogens is 339 g/mol. The van der Waals surface area contributed by atoms with Crippen LogP contribution in [-0.4, -0.2) is 55.5 Å². The van der Waals surface area contributed by atoms with Crippen LogP contribution in [0.2, 0.25) is 0 Å². The second-order valence-electron chi connectivity index (χ2n) is 5.48. The number of hydrogen-bond donors (Lipinski definition) is 2. The van der Waals surface area contributed by atoms with Crippen LogP contribution in [0.25, 0.3) is 0 Å². The van der Waals surface area contributed by atoms with Crippen LogP contribution in [0.1, 0.15) is 29.6 Å². The molecule has 0 aliphatic carbocycles. The zero-order chi connectivity index (χ0) is 17.7. The molecule has 132 valence electrons. The summed E-state index contributed by atoms with van der Waals surface area (Å²) in [6.45, 7) is -0.539. The summed E-state index contributed by atoms with van der Waals surface area (Å²) in [6, 6.07) is 3.81. The van der Waals surface area contributed by atoms with Crippen molar-refractivity contribution in [3.05, 3.63) is 29.8 Å². The molecule has 7 nitrogen and oxygen atoms in total. The lowest BCUT2D eigenvalue weighted by atomic mass is 10.2. The second kappa shape index (κ2) is 7.71. The van der Waals surface area contributed by atoms with E-state index in [1.165, 1.54) is 28.6 Å². The number of carbonyl (C=O) groups is 2. The highest BCUT2D eigenvalue weighted by molar-refractivity contribution is 7.89. The average Bonchev–Trinajstić information content (AvgIpc) is 2.60. The maximum Gasteiger partial charge on any atom is 0.328 e. The number of nitrogens with zero attached hydrogens (tertiary/aromatic N) is 1. The monoisotopic (exact) mass is 358 g/mol. The number of aliphatic carboxylic acids is 1. The number of benzene rings is 1. The number of halogens is 1. The minimum atomic E-state index is -3.87. The molecule has 0 radical (unpaired) electrons. The highest BCUT2D eigenvalue weighted by atomic mass is 32.2. The predicted octanol–water partition coefficient (Wildman–Crippen LogP) is 1.01. The summed E-state index contributed by atoms with van der Waals surface area (Å²) in [6.07, 6.45) is 2.44. The Bertz CT molecular complexity index is 716. The summed E-state index contributed by atoms with van der Waals surface area (Å²) in [5, 5.41) is 10.8. The van der Waals surface area contributed by atoms with Gasteiger partial charge < -0.3 is 10.4 Å². The molecule has 1 aliphatic rings. The van der Waals surface area contributed by atoms with E-state index in [0.717, 1.165) is 19.3 Å². The molecule has 0 bridgehead atoms. The van der Waals surface area contributed by atoms with Gasteiger partial charge in [0.05, 0.1) is 10.5 Å². The van der Waals surface area contributed by atoms with Crippen LogP contribution in [-0.2, 0) is 14.8 Å². The average molecular weight is 358 g/mol. The first-order valence-corrected chi connectivity index (χ1v) is 9.00. The van der Waals surface area contributed by atoms with Gasteiger partial charge in [-0.25, -0.2) is 17.6 Å². The molecule has 1 fully saturated rings. The molecule has 24 heavy (non-hydrogen) atoms. The molecule has 1 unspecified atom stereocenters. The number of carbonyl (C=O) groups excluding carboxylic acids is 1. The first-order chi connectivity index (χ1) is 11.4. The molecule has 2 rings (SSSR count). The fourth-order valence-corrected chi connectivity index (χ4v) is 4.23. The van der Waals surface area contributed by atoms with Crippen molar-refractivity contribution in [1.82, 2.24) is 9.62 Å². The molecule has 1 aromatic rings. The molecule has 1 aromatic carbocycles. The minimum Gasteiger partial charge on any atom is -0.480 e. The third-order valence-corrected chi connectivity index (χ3v) is 5.78. The molecule has 1 heterocycles. The Kier molecular flexibility index (Phi) is 5.89. The van der Waals surface area contributed by atoms with Gasteiger partial charge in [-0.2, -0.15) is 4.31 Å². The lowest BCUT2D eigenvalue weighted by molar-refractivity contribution is -0.139. The van der Waals surface area contributed by atoms with Crippen molar-refractivity contribution in [3.8, 4) is 0 Å². The zero-order valence-corrected chi connectivity index (χ0v) is 13.8.